The number of nitrogens with one attached hydrogen (secondary N) is 1. The van der Waals surface area contributed by atoms with E-state index in [2.05, 4.69) is 10.3 Å². The molecule has 0 aliphatic heterocycles. The van der Waals surface area contributed by atoms with Gasteiger partial charge in [0.1, 0.15) is 11.4 Å². The minimum atomic E-state index is -0.289. The molecule has 0 aliphatic carbocycles. The van der Waals surface area contributed by atoms with Crippen LogP contribution in [0.15, 0.2) is 67.1 Å². The van der Waals surface area contributed by atoms with Crippen LogP contribution >= 0.6 is 0 Å². The van der Waals surface area contributed by atoms with Crippen LogP contribution in [0.3, 0.4) is 0 Å². The van der Waals surface area contributed by atoms with Gasteiger partial charge >= 0.3 is 0 Å². The Morgan fingerprint density at radius 2 is 1.83 bits per heavy atom. The van der Waals surface area contributed by atoms with Crippen LogP contribution in [0.25, 0.3) is 5.69 Å². The van der Waals surface area contributed by atoms with Gasteiger partial charge in [0.15, 0.2) is 6.61 Å². The monoisotopic (exact) mass is 392 g/mol. The first-order valence-corrected chi connectivity index (χ1v) is 9.52. The minimum Gasteiger partial charge on any atom is -0.484 e. The minimum absolute atomic E-state index is 0.0418. The molecule has 0 spiro atoms. The van der Waals surface area contributed by atoms with Crippen molar-refractivity contribution in [2.45, 2.75) is 13.8 Å². The maximum absolute atomic E-state index is 12.7. The predicted octanol–water partition coefficient (Wildman–Crippen LogP) is 3.37. The van der Waals surface area contributed by atoms with Crippen LogP contribution in [0, 0.1) is 0 Å². The highest BCUT2D eigenvalue weighted by molar-refractivity contribution is 6.03. The van der Waals surface area contributed by atoms with E-state index in [9.17, 15) is 9.59 Å². The number of carbonyl (C=O) groups is 2. The summed E-state index contributed by atoms with van der Waals surface area (Å²) in [7, 11) is 0. The van der Waals surface area contributed by atoms with E-state index >= 15 is 0 Å². The number of likely N-dealkylation sites (N-methyl/N-ethyl adjacent to an activating group) is 1. The van der Waals surface area contributed by atoms with E-state index in [1.807, 2.05) is 44.2 Å². The number of nitrogens with zero attached hydrogens (tertiary/aromatic N) is 3. The van der Waals surface area contributed by atoms with E-state index in [0.717, 1.165) is 5.69 Å². The molecule has 3 rings (SSSR count). The molecular weight excluding hydrogens is 368 g/mol. The lowest BCUT2D eigenvalue weighted by atomic mass is 10.2. The summed E-state index contributed by atoms with van der Waals surface area (Å²) in [6.45, 7) is 5.10. The molecule has 0 aliphatic rings. The molecular formula is C22H24N4O3. The van der Waals surface area contributed by atoms with E-state index in [4.69, 9.17) is 4.74 Å². The molecule has 3 aromatic rings. The first kappa shape index (κ1) is 20.1. The Morgan fingerprint density at radius 3 is 2.55 bits per heavy atom. The SMILES string of the molecule is CCN(CC)C(=O)COc1cccc(NC(=O)c2cncn2-c2ccccc2)c1. The summed E-state index contributed by atoms with van der Waals surface area (Å²) < 4.78 is 7.32. The average Bonchev–Trinajstić information content (AvgIpc) is 3.24. The standard InChI is InChI=1S/C22H24N4O3/c1-3-25(4-2)21(27)15-29-19-12-8-9-17(13-19)24-22(28)20-14-23-16-26(20)18-10-6-5-7-11-18/h5-14,16H,3-4,15H2,1-2H3,(H,24,28). The molecule has 1 heterocycles. The normalized spacial score (nSPS) is 10.4. The summed E-state index contributed by atoms with van der Waals surface area (Å²) in [5, 5.41) is 2.85. The average molecular weight is 392 g/mol. The van der Waals surface area contributed by atoms with E-state index in [0.29, 0.717) is 30.2 Å². The zero-order chi connectivity index (χ0) is 20.6. The van der Waals surface area contributed by atoms with E-state index in [1.165, 1.54) is 6.20 Å². The molecule has 7 heteroatoms. The highest BCUT2D eigenvalue weighted by Gasteiger charge is 2.14. The van der Waals surface area contributed by atoms with Crippen molar-refractivity contribution in [3.05, 3.63) is 72.8 Å². The number of imidazole rings is 1. The van der Waals surface area contributed by atoms with Gasteiger partial charge in [0.05, 0.1) is 12.5 Å². The molecule has 0 saturated carbocycles. The van der Waals surface area contributed by atoms with Crippen molar-refractivity contribution in [3.8, 4) is 11.4 Å². The van der Waals surface area contributed by atoms with E-state index in [-0.39, 0.29) is 18.4 Å². The van der Waals surface area contributed by atoms with E-state index < -0.39 is 0 Å². The predicted molar refractivity (Wildman–Crippen MR) is 111 cm³/mol. The van der Waals surface area contributed by atoms with Crippen molar-refractivity contribution in [2.24, 2.45) is 0 Å². The summed E-state index contributed by atoms with van der Waals surface area (Å²) in [4.78, 5) is 30.6. The van der Waals surface area contributed by atoms with Crippen LogP contribution in [-0.2, 0) is 4.79 Å². The first-order valence-electron chi connectivity index (χ1n) is 9.52. The summed E-state index contributed by atoms with van der Waals surface area (Å²) in [5.41, 5.74) is 1.84. The molecule has 0 radical (unpaired) electrons. The van der Waals surface area contributed by atoms with Crippen LogP contribution in [0.1, 0.15) is 24.3 Å². The number of carbonyl (C=O) groups excluding carboxylic acids is 2. The molecule has 0 unspecified atom stereocenters. The van der Waals surface area contributed by atoms with Gasteiger partial charge in [-0.25, -0.2) is 4.98 Å². The second-order valence-corrected chi connectivity index (χ2v) is 6.32. The molecule has 1 N–H and O–H groups in total. The van der Waals surface area contributed by atoms with Gasteiger partial charge in [-0.3, -0.25) is 14.2 Å². The Hall–Kier alpha value is -3.61. The largest absolute Gasteiger partial charge is 0.484 e. The van der Waals surface area contributed by atoms with Gasteiger partial charge in [-0.15, -0.1) is 0 Å². The lowest BCUT2D eigenvalue weighted by Gasteiger charge is -2.18. The van der Waals surface area contributed by atoms with Crippen LogP contribution in [0.4, 0.5) is 5.69 Å². The third-order valence-electron chi connectivity index (χ3n) is 4.48. The van der Waals surface area contributed by atoms with Gasteiger partial charge in [0, 0.05) is 30.5 Å². The van der Waals surface area contributed by atoms with Crippen molar-refractivity contribution >= 4 is 17.5 Å². The Kier molecular flexibility index (Phi) is 6.63. The molecule has 29 heavy (non-hydrogen) atoms. The van der Waals surface area contributed by atoms with Crippen molar-refractivity contribution in [1.82, 2.24) is 14.5 Å². The van der Waals surface area contributed by atoms with Crippen LogP contribution < -0.4 is 10.1 Å². The number of anilines is 1. The number of aromatic nitrogens is 2. The lowest BCUT2D eigenvalue weighted by molar-refractivity contribution is -0.132. The second-order valence-electron chi connectivity index (χ2n) is 6.32. The number of amides is 2. The van der Waals surface area contributed by atoms with Gasteiger partial charge in [0.2, 0.25) is 0 Å². The van der Waals surface area contributed by atoms with Crippen molar-refractivity contribution in [2.75, 3.05) is 25.0 Å². The van der Waals surface area contributed by atoms with Gasteiger partial charge in [-0.1, -0.05) is 24.3 Å². The van der Waals surface area contributed by atoms with Crippen LogP contribution in [0.5, 0.6) is 5.75 Å². The van der Waals surface area contributed by atoms with Gasteiger partial charge in [-0.05, 0) is 38.1 Å². The molecule has 0 atom stereocenters. The lowest BCUT2D eigenvalue weighted by Crippen LogP contribution is -2.34. The van der Waals surface area contributed by atoms with Crippen LogP contribution in [-0.4, -0.2) is 46.0 Å². The van der Waals surface area contributed by atoms with Gasteiger partial charge in [-0.2, -0.15) is 0 Å². The summed E-state index contributed by atoms with van der Waals surface area (Å²) in [6, 6.07) is 16.5. The number of para-hydroxylation sites is 1. The molecule has 150 valence electrons. The van der Waals surface area contributed by atoms with Gasteiger partial charge < -0.3 is 15.0 Å². The molecule has 0 fully saturated rings. The third kappa shape index (κ3) is 5.01. The zero-order valence-electron chi connectivity index (χ0n) is 16.5. The first-order chi connectivity index (χ1) is 14.1. The summed E-state index contributed by atoms with van der Waals surface area (Å²) in [5.74, 6) is 0.152. The van der Waals surface area contributed by atoms with Crippen molar-refractivity contribution in [1.29, 1.82) is 0 Å². The molecule has 2 aromatic carbocycles. The topological polar surface area (TPSA) is 76.5 Å². The molecule has 0 saturated heterocycles. The maximum atomic E-state index is 12.7. The molecule has 2 amide bonds. The Labute approximate surface area is 169 Å². The van der Waals surface area contributed by atoms with Gasteiger partial charge in [0.25, 0.3) is 11.8 Å². The number of ether oxygens (including phenoxy) is 1. The molecule has 0 bridgehead atoms. The van der Waals surface area contributed by atoms with E-state index in [1.54, 1.807) is 40.1 Å². The van der Waals surface area contributed by atoms with Crippen molar-refractivity contribution < 1.29 is 14.3 Å². The Bertz CT molecular complexity index is 965. The number of hydrogen-bond acceptors (Lipinski definition) is 4. The quantitative estimate of drug-likeness (QED) is 0.638. The highest BCUT2D eigenvalue weighted by Crippen LogP contribution is 2.19. The maximum Gasteiger partial charge on any atom is 0.274 e. The number of rotatable bonds is 8. The fraction of sp³-hybridized carbons (Fsp3) is 0.227. The highest BCUT2D eigenvalue weighted by atomic mass is 16.5. The molecule has 7 nitrogen and oxygen atoms in total. The van der Waals surface area contributed by atoms with Crippen molar-refractivity contribution in [3.63, 3.8) is 0 Å². The molecule has 1 aromatic heterocycles. The Balaban J connectivity index is 1.67. The summed E-state index contributed by atoms with van der Waals surface area (Å²) in [6.07, 6.45) is 3.12. The number of benzene rings is 2. The fourth-order valence-electron chi connectivity index (χ4n) is 2.93. The van der Waals surface area contributed by atoms with Crippen LogP contribution in [0.2, 0.25) is 0 Å². The smallest absolute Gasteiger partial charge is 0.274 e. The third-order valence-corrected chi connectivity index (χ3v) is 4.48. The number of hydrogen-bond donors (Lipinski definition) is 1. The fourth-order valence-corrected chi connectivity index (χ4v) is 2.93. The zero-order valence-corrected chi connectivity index (χ0v) is 16.5. The second kappa shape index (κ2) is 9.54. The Morgan fingerprint density at radius 1 is 1.07 bits per heavy atom. The summed E-state index contributed by atoms with van der Waals surface area (Å²) >= 11 is 0.